The standard InChI is InChI=1S/C19H22FN5O/c1-13-14(2)23-24-19(17(13)11-21)22-12-18(25-7-9-26-10-8-25)15-3-5-16(20)6-4-15/h3-6,18H,7-10,12H2,1-2H3,(H,22,24)/t18-/m0/s1. The number of aromatic nitrogens is 2. The zero-order valence-corrected chi connectivity index (χ0v) is 15.0. The molecule has 1 aliphatic heterocycles. The van der Waals surface area contributed by atoms with E-state index in [2.05, 4.69) is 26.5 Å². The van der Waals surface area contributed by atoms with Crippen molar-refractivity contribution in [1.82, 2.24) is 15.1 Å². The Bertz CT molecular complexity index is 797. The fraction of sp³-hybridized carbons (Fsp3) is 0.421. The van der Waals surface area contributed by atoms with Gasteiger partial charge in [-0.3, -0.25) is 4.90 Å². The summed E-state index contributed by atoms with van der Waals surface area (Å²) in [7, 11) is 0. The number of nitrogens with one attached hydrogen (secondary N) is 1. The van der Waals surface area contributed by atoms with Crippen molar-refractivity contribution >= 4 is 5.82 Å². The fourth-order valence-electron chi connectivity index (χ4n) is 3.09. The number of anilines is 1. The summed E-state index contributed by atoms with van der Waals surface area (Å²) in [5.74, 6) is 0.227. The van der Waals surface area contributed by atoms with Crippen LogP contribution in [-0.2, 0) is 4.74 Å². The third-order valence-corrected chi connectivity index (χ3v) is 4.77. The molecule has 1 N–H and O–H groups in total. The highest BCUT2D eigenvalue weighted by Gasteiger charge is 2.23. The van der Waals surface area contributed by atoms with Crippen molar-refractivity contribution in [3.05, 3.63) is 52.5 Å². The summed E-state index contributed by atoms with van der Waals surface area (Å²) in [5.41, 5.74) is 3.10. The smallest absolute Gasteiger partial charge is 0.167 e. The van der Waals surface area contributed by atoms with E-state index in [0.29, 0.717) is 31.1 Å². The minimum atomic E-state index is -0.255. The molecule has 0 aliphatic carbocycles. The maximum Gasteiger partial charge on any atom is 0.167 e. The first-order valence-electron chi connectivity index (χ1n) is 8.65. The molecule has 2 heterocycles. The number of rotatable bonds is 5. The number of morpholine rings is 1. The molecule has 0 spiro atoms. The molecule has 2 aromatic rings. The molecule has 136 valence electrons. The Morgan fingerprint density at radius 2 is 1.92 bits per heavy atom. The van der Waals surface area contributed by atoms with Crippen LogP contribution in [-0.4, -0.2) is 47.9 Å². The molecule has 1 atom stereocenters. The van der Waals surface area contributed by atoms with Gasteiger partial charge in [-0.2, -0.15) is 10.4 Å². The molecule has 7 heteroatoms. The molecule has 1 aromatic heterocycles. The third-order valence-electron chi connectivity index (χ3n) is 4.77. The van der Waals surface area contributed by atoms with Crippen LogP contribution in [0.2, 0.25) is 0 Å². The Balaban J connectivity index is 1.83. The molecular formula is C19H22FN5O. The van der Waals surface area contributed by atoms with Crippen LogP contribution in [0.5, 0.6) is 0 Å². The Morgan fingerprint density at radius 3 is 2.58 bits per heavy atom. The third kappa shape index (κ3) is 3.98. The molecule has 1 aliphatic rings. The van der Waals surface area contributed by atoms with Gasteiger partial charge in [0.25, 0.3) is 0 Å². The van der Waals surface area contributed by atoms with Gasteiger partial charge < -0.3 is 10.1 Å². The zero-order valence-electron chi connectivity index (χ0n) is 15.0. The lowest BCUT2D eigenvalue weighted by atomic mass is 10.0. The lowest BCUT2D eigenvalue weighted by molar-refractivity contribution is 0.0187. The van der Waals surface area contributed by atoms with Gasteiger partial charge in [0.15, 0.2) is 5.82 Å². The molecule has 0 bridgehead atoms. The zero-order chi connectivity index (χ0) is 18.5. The fourth-order valence-corrected chi connectivity index (χ4v) is 3.09. The number of benzene rings is 1. The van der Waals surface area contributed by atoms with E-state index in [4.69, 9.17) is 4.74 Å². The first-order chi connectivity index (χ1) is 12.6. The number of hydrogen-bond donors (Lipinski definition) is 1. The first-order valence-corrected chi connectivity index (χ1v) is 8.65. The van der Waals surface area contributed by atoms with Crippen molar-refractivity contribution in [3.8, 4) is 6.07 Å². The SMILES string of the molecule is Cc1nnc(NC[C@@H](c2ccc(F)cc2)N2CCOCC2)c(C#N)c1C. The van der Waals surface area contributed by atoms with E-state index < -0.39 is 0 Å². The Kier molecular flexibility index (Phi) is 5.76. The van der Waals surface area contributed by atoms with Gasteiger partial charge in [0.05, 0.1) is 24.9 Å². The summed E-state index contributed by atoms with van der Waals surface area (Å²) < 4.78 is 18.8. The van der Waals surface area contributed by atoms with Crippen molar-refractivity contribution in [2.75, 3.05) is 38.2 Å². The van der Waals surface area contributed by atoms with Crippen LogP contribution < -0.4 is 5.32 Å². The summed E-state index contributed by atoms with van der Waals surface area (Å²) in [6.07, 6.45) is 0. The van der Waals surface area contributed by atoms with Crippen molar-refractivity contribution in [3.63, 3.8) is 0 Å². The number of nitrogens with zero attached hydrogens (tertiary/aromatic N) is 4. The lowest BCUT2D eigenvalue weighted by Gasteiger charge is -2.35. The van der Waals surface area contributed by atoms with E-state index in [1.807, 2.05) is 13.8 Å². The molecule has 1 fully saturated rings. The lowest BCUT2D eigenvalue weighted by Crippen LogP contribution is -2.41. The van der Waals surface area contributed by atoms with Crippen molar-refractivity contribution in [2.24, 2.45) is 0 Å². The molecule has 0 amide bonds. The topological polar surface area (TPSA) is 74.1 Å². The van der Waals surface area contributed by atoms with Gasteiger partial charge in [0, 0.05) is 19.6 Å². The first kappa shape index (κ1) is 18.2. The molecule has 26 heavy (non-hydrogen) atoms. The summed E-state index contributed by atoms with van der Waals surface area (Å²) in [5, 5.41) is 21.0. The van der Waals surface area contributed by atoms with Crippen LogP contribution >= 0.6 is 0 Å². The largest absolute Gasteiger partial charge is 0.379 e. The summed E-state index contributed by atoms with van der Waals surface area (Å²) >= 11 is 0. The second kappa shape index (κ2) is 8.21. The van der Waals surface area contributed by atoms with Gasteiger partial charge >= 0.3 is 0 Å². The quantitative estimate of drug-likeness (QED) is 0.889. The van der Waals surface area contributed by atoms with Gasteiger partial charge in [0.1, 0.15) is 17.4 Å². The minimum Gasteiger partial charge on any atom is -0.379 e. The van der Waals surface area contributed by atoms with E-state index in [9.17, 15) is 9.65 Å². The molecule has 1 aromatic carbocycles. The van der Waals surface area contributed by atoms with Gasteiger partial charge in [-0.25, -0.2) is 4.39 Å². The average Bonchev–Trinajstić information content (AvgIpc) is 2.67. The highest BCUT2D eigenvalue weighted by molar-refractivity contribution is 5.55. The molecule has 0 unspecified atom stereocenters. The highest BCUT2D eigenvalue weighted by atomic mass is 19.1. The Morgan fingerprint density at radius 1 is 1.23 bits per heavy atom. The van der Waals surface area contributed by atoms with Crippen LogP contribution in [0.4, 0.5) is 10.2 Å². The Hall–Kier alpha value is -2.56. The van der Waals surface area contributed by atoms with Crippen LogP contribution in [0.1, 0.15) is 28.4 Å². The Labute approximate surface area is 152 Å². The second-order valence-electron chi connectivity index (χ2n) is 6.34. The number of aryl methyl sites for hydroxylation is 1. The van der Waals surface area contributed by atoms with Crippen molar-refractivity contribution in [1.29, 1.82) is 5.26 Å². The minimum absolute atomic E-state index is 0.0226. The van der Waals surface area contributed by atoms with E-state index in [-0.39, 0.29) is 11.9 Å². The molecule has 6 nitrogen and oxygen atoms in total. The monoisotopic (exact) mass is 355 g/mol. The predicted octanol–water partition coefficient (Wildman–Crippen LogP) is 2.59. The van der Waals surface area contributed by atoms with Gasteiger partial charge in [-0.05, 0) is 37.1 Å². The number of ether oxygens (including phenoxy) is 1. The van der Waals surface area contributed by atoms with Crippen LogP contribution in [0.25, 0.3) is 0 Å². The highest BCUT2D eigenvalue weighted by Crippen LogP contribution is 2.24. The molecule has 3 rings (SSSR count). The van der Waals surface area contributed by atoms with E-state index in [1.165, 1.54) is 12.1 Å². The summed E-state index contributed by atoms with van der Waals surface area (Å²) in [4.78, 5) is 2.30. The van der Waals surface area contributed by atoms with E-state index in [0.717, 1.165) is 29.9 Å². The van der Waals surface area contributed by atoms with Crippen LogP contribution in [0.3, 0.4) is 0 Å². The average molecular weight is 355 g/mol. The molecule has 0 saturated carbocycles. The van der Waals surface area contributed by atoms with Gasteiger partial charge in [-0.1, -0.05) is 12.1 Å². The van der Waals surface area contributed by atoms with Gasteiger partial charge in [0.2, 0.25) is 0 Å². The van der Waals surface area contributed by atoms with Crippen molar-refractivity contribution in [2.45, 2.75) is 19.9 Å². The maximum absolute atomic E-state index is 13.3. The normalized spacial score (nSPS) is 16.1. The second-order valence-corrected chi connectivity index (χ2v) is 6.34. The number of hydrogen-bond acceptors (Lipinski definition) is 6. The molecule has 1 saturated heterocycles. The van der Waals surface area contributed by atoms with Crippen LogP contribution in [0, 0.1) is 31.0 Å². The van der Waals surface area contributed by atoms with Crippen molar-refractivity contribution < 1.29 is 9.13 Å². The van der Waals surface area contributed by atoms with Crippen LogP contribution in [0.15, 0.2) is 24.3 Å². The van der Waals surface area contributed by atoms with E-state index in [1.54, 1.807) is 12.1 Å². The number of halogens is 1. The summed E-state index contributed by atoms with van der Waals surface area (Å²) in [6, 6.07) is 8.77. The molecule has 0 radical (unpaired) electrons. The summed E-state index contributed by atoms with van der Waals surface area (Å²) in [6.45, 7) is 7.18. The molecular weight excluding hydrogens is 333 g/mol. The van der Waals surface area contributed by atoms with E-state index >= 15 is 0 Å². The number of nitriles is 1. The maximum atomic E-state index is 13.3. The predicted molar refractivity (Wildman–Crippen MR) is 96.2 cm³/mol. The van der Waals surface area contributed by atoms with Gasteiger partial charge in [-0.15, -0.1) is 5.10 Å².